The van der Waals surface area contributed by atoms with Crippen LogP contribution in [0, 0.1) is 0 Å². The summed E-state index contributed by atoms with van der Waals surface area (Å²) in [6, 6.07) is 0. The minimum atomic E-state index is -4.36. The van der Waals surface area contributed by atoms with E-state index in [0.29, 0.717) is 6.42 Å². The zero-order valence-electron chi connectivity index (χ0n) is 11.9. The van der Waals surface area contributed by atoms with Gasteiger partial charge >= 0.3 is 35.5 Å². The van der Waals surface area contributed by atoms with Crippen LogP contribution in [0.5, 0.6) is 0 Å². The number of hydrogen-bond donors (Lipinski definition) is 1. The van der Waals surface area contributed by atoms with Gasteiger partial charge in [0.1, 0.15) is 0 Å². The normalized spacial score (nSPS) is 12.6. The Bertz CT molecular complexity index is 343. The molecule has 116 valence electrons. The fraction of sp³-hybridized carbons (Fsp3) is 0.923. The van der Waals surface area contributed by atoms with E-state index >= 15 is 0 Å². The molecule has 20 heavy (non-hydrogen) atoms. The van der Waals surface area contributed by atoms with Crippen LogP contribution in [-0.2, 0) is 19.6 Å². The molecule has 1 unspecified atom stereocenters. The number of carbonyl (C=O) groups excluding carboxylic acids is 1. The zero-order chi connectivity index (χ0) is 14.7. The van der Waals surface area contributed by atoms with Gasteiger partial charge in [0.2, 0.25) is 0 Å². The predicted molar refractivity (Wildman–Crippen MR) is 81.7 cm³/mol. The van der Waals surface area contributed by atoms with Gasteiger partial charge in [-0.1, -0.05) is 58.3 Å². The molecule has 0 aliphatic rings. The summed E-state index contributed by atoms with van der Waals surface area (Å²) in [4.78, 5) is 11.2. The quantitative estimate of drug-likeness (QED) is 0.274. The Labute approximate surface area is 144 Å². The average molecular weight is 318 g/mol. The summed E-state index contributed by atoms with van der Waals surface area (Å²) in [5, 5.41) is -1.43. The van der Waals surface area contributed by atoms with Crippen molar-refractivity contribution in [1.82, 2.24) is 0 Å². The van der Waals surface area contributed by atoms with Crippen LogP contribution in [-0.4, -0.2) is 60.9 Å². The first kappa shape index (κ1) is 22.7. The zero-order valence-corrected chi connectivity index (χ0v) is 12.7. The van der Waals surface area contributed by atoms with E-state index in [-0.39, 0.29) is 36.0 Å². The number of methoxy groups -OCH3 is 1. The van der Waals surface area contributed by atoms with Crippen molar-refractivity contribution >= 4 is 45.6 Å². The second-order valence-corrected chi connectivity index (χ2v) is 6.39. The number of hydrogen-bond acceptors (Lipinski definition) is 4. The summed E-state index contributed by atoms with van der Waals surface area (Å²) in [7, 11) is -3.24. The van der Waals surface area contributed by atoms with Gasteiger partial charge in [0, 0.05) is 0 Å². The Morgan fingerprint density at radius 2 is 1.50 bits per heavy atom. The molecule has 0 fully saturated rings. The molecule has 0 saturated heterocycles. The third-order valence-corrected chi connectivity index (χ3v) is 4.29. The van der Waals surface area contributed by atoms with E-state index in [9.17, 15) is 13.2 Å². The number of esters is 1. The van der Waals surface area contributed by atoms with Crippen molar-refractivity contribution in [3.8, 4) is 0 Å². The van der Waals surface area contributed by atoms with Crippen molar-refractivity contribution in [2.75, 3.05) is 7.11 Å². The van der Waals surface area contributed by atoms with Gasteiger partial charge in [-0.25, -0.2) is 0 Å². The second-order valence-electron chi connectivity index (χ2n) is 4.79. The van der Waals surface area contributed by atoms with Crippen molar-refractivity contribution in [1.29, 1.82) is 0 Å². The van der Waals surface area contributed by atoms with Crippen molar-refractivity contribution in [2.24, 2.45) is 0 Å². The monoisotopic (exact) mass is 318 g/mol. The summed E-state index contributed by atoms with van der Waals surface area (Å²) >= 11 is 0. The van der Waals surface area contributed by atoms with Gasteiger partial charge in [0.25, 0.3) is 10.1 Å². The van der Waals surface area contributed by atoms with Crippen LogP contribution in [0.4, 0.5) is 0 Å². The van der Waals surface area contributed by atoms with E-state index in [1.165, 1.54) is 25.7 Å². The van der Waals surface area contributed by atoms with E-state index in [2.05, 4.69) is 11.7 Å². The molecule has 0 amide bonds. The summed E-state index contributed by atoms with van der Waals surface area (Å²) < 4.78 is 35.4. The summed E-state index contributed by atoms with van der Waals surface area (Å²) in [5.74, 6) is -0.884. The standard InChI is InChI=1S/C13H26O5S.Na.H/c1-3-4-5-6-7-8-9-10-11-12(13(14)18-2)19(15,16)17;;/h12H,3-11H2,1-2H3,(H,15,16,17);;. The summed E-state index contributed by atoms with van der Waals surface area (Å²) in [6.45, 7) is 2.17. The topological polar surface area (TPSA) is 80.7 Å². The molecule has 0 aromatic rings. The fourth-order valence-electron chi connectivity index (χ4n) is 1.98. The molecule has 0 saturated carbocycles. The number of rotatable bonds is 11. The minimum absolute atomic E-state index is 0. The van der Waals surface area contributed by atoms with Gasteiger partial charge < -0.3 is 4.74 Å². The average Bonchev–Trinajstić information content (AvgIpc) is 2.34. The molecule has 0 aliphatic carbocycles. The second kappa shape index (κ2) is 13.1. The van der Waals surface area contributed by atoms with Crippen LogP contribution in [0.2, 0.25) is 0 Å². The molecule has 0 aromatic carbocycles. The third kappa shape index (κ3) is 11.1. The SMILES string of the molecule is CCCCCCCCCCC(C(=O)OC)S(=O)(=O)O.[NaH]. The molecule has 0 aliphatic heterocycles. The summed E-state index contributed by atoms with van der Waals surface area (Å²) in [6.07, 6.45) is 8.68. The molecule has 1 N–H and O–H groups in total. The molecule has 0 heterocycles. The molecular weight excluding hydrogens is 291 g/mol. The number of unbranched alkanes of at least 4 members (excludes halogenated alkanes) is 7. The molecule has 0 rings (SSSR count). The third-order valence-electron chi connectivity index (χ3n) is 3.14. The molecule has 0 radical (unpaired) electrons. The van der Waals surface area contributed by atoms with Crippen LogP contribution >= 0.6 is 0 Å². The summed E-state index contributed by atoms with van der Waals surface area (Å²) in [5.41, 5.74) is 0. The molecule has 0 spiro atoms. The van der Waals surface area contributed by atoms with Crippen molar-refractivity contribution < 1.29 is 22.5 Å². The van der Waals surface area contributed by atoms with Gasteiger partial charge in [0.15, 0.2) is 5.25 Å². The molecule has 1 atom stereocenters. The van der Waals surface area contributed by atoms with E-state index < -0.39 is 21.3 Å². The van der Waals surface area contributed by atoms with Gasteiger partial charge in [0.05, 0.1) is 7.11 Å². The Morgan fingerprint density at radius 3 is 1.90 bits per heavy atom. The van der Waals surface area contributed by atoms with E-state index in [1.54, 1.807) is 0 Å². The van der Waals surface area contributed by atoms with Crippen LogP contribution < -0.4 is 0 Å². The first-order valence-electron chi connectivity index (χ1n) is 6.97. The van der Waals surface area contributed by atoms with E-state index in [4.69, 9.17) is 4.55 Å². The molecular formula is C13H27NaO5S. The molecule has 0 aromatic heterocycles. The first-order valence-corrected chi connectivity index (χ1v) is 8.48. The van der Waals surface area contributed by atoms with E-state index in [0.717, 1.165) is 26.4 Å². The Kier molecular flexibility index (Phi) is 14.8. The van der Waals surface area contributed by atoms with Crippen molar-refractivity contribution in [3.05, 3.63) is 0 Å². The van der Waals surface area contributed by atoms with Crippen molar-refractivity contribution in [3.63, 3.8) is 0 Å². The van der Waals surface area contributed by atoms with Gasteiger partial charge in [-0.15, -0.1) is 0 Å². The van der Waals surface area contributed by atoms with Crippen molar-refractivity contribution in [2.45, 2.75) is 70.0 Å². The maximum absolute atomic E-state index is 11.2. The Morgan fingerprint density at radius 1 is 1.05 bits per heavy atom. The van der Waals surface area contributed by atoms with Gasteiger partial charge in [-0.3, -0.25) is 9.35 Å². The molecule has 5 nitrogen and oxygen atoms in total. The Hall–Kier alpha value is 0.380. The van der Waals surface area contributed by atoms with Gasteiger partial charge in [-0.05, 0) is 6.42 Å². The van der Waals surface area contributed by atoms with Crippen LogP contribution in [0.25, 0.3) is 0 Å². The molecule has 7 heteroatoms. The maximum atomic E-state index is 11.2. The van der Waals surface area contributed by atoms with Crippen LogP contribution in [0.1, 0.15) is 64.7 Å². The van der Waals surface area contributed by atoms with Crippen LogP contribution in [0.15, 0.2) is 0 Å². The molecule has 0 bridgehead atoms. The van der Waals surface area contributed by atoms with E-state index in [1.807, 2.05) is 0 Å². The van der Waals surface area contributed by atoms with Gasteiger partial charge in [-0.2, -0.15) is 8.42 Å². The van der Waals surface area contributed by atoms with Crippen LogP contribution in [0.3, 0.4) is 0 Å². The fourth-order valence-corrected chi connectivity index (χ4v) is 2.79. The number of carbonyl (C=O) groups is 1. The number of ether oxygens (including phenoxy) is 1. The Balaban J connectivity index is 0. The predicted octanol–water partition coefficient (Wildman–Crippen LogP) is 2.30. The first-order chi connectivity index (χ1) is 8.93.